The van der Waals surface area contributed by atoms with Crippen LogP contribution >= 0.6 is 0 Å². The van der Waals surface area contributed by atoms with Gasteiger partial charge in [0.1, 0.15) is 17.9 Å². The van der Waals surface area contributed by atoms with Crippen molar-refractivity contribution in [1.29, 1.82) is 0 Å². The standard InChI is InChI=1S/C26H28N6O2/c1-18-9-11-21(12-10-18)32-16-22-24(30-32)28-17-29-25(22)31-13-5-7-20(15-31)26(33)27-14-19-6-3-4-8-23(19)34-2/h3-4,6,8-12,16-17,20H,5,7,13-15H2,1-2H3,(H,27,33)/t20-/m0/s1. The lowest BCUT2D eigenvalue weighted by Crippen LogP contribution is -2.43. The number of benzene rings is 2. The molecule has 8 heteroatoms. The van der Waals surface area contributed by atoms with Gasteiger partial charge in [-0.15, -0.1) is 5.10 Å². The largest absolute Gasteiger partial charge is 0.496 e. The van der Waals surface area contributed by atoms with E-state index in [0.29, 0.717) is 18.7 Å². The molecule has 8 nitrogen and oxygen atoms in total. The maximum Gasteiger partial charge on any atom is 0.225 e. The van der Waals surface area contributed by atoms with Crippen LogP contribution in [0.4, 0.5) is 5.82 Å². The number of aromatic nitrogens is 4. The van der Waals surface area contributed by atoms with Gasteiger partial charge in [0, 0.05) is 31.4 Å². The summed E-state index contributed by atoms with van der Waals surface area (Å²) in [6.07, 6.45) is 5.30. The van der Waals surface area contributed by atoms with Gasteiger partial charge < -0.3 is 15.0 Å². The van der Waals surface area contributed by atoms with Crippen LogP contribution in [0.2, 0.25) is 0 Å². The highest BCUT2D eigenvalue weighted by molar-refractivity contribution is 5.87. The zero-order chi connectivity index (χ0) is 23.5. The van der Waals surface area contributed by atoms with Gasteiger partial charge in [-0.2, -0.15) is 0 Å². The Kier molecular flexibility index (Phi) is 6.12. The first-order chi connectivity index (χ1) is 16.6. The lowest BCUT2D eigenvalue weighted by molar-refractivity contribution is -0.125. The third kappa shape index (κ3) is 4.44. The van der Waals surface area contributed by atoms with Crippen molar-refractivity contribution in [2.75, 3.05) is 25.1 Å². The zero-order valence-corrected chi connectivity index (χ0v) is 19.4. The molecule has 0 radical (unpaired) electrons. The number of ether oxygens (including phenoxy) is 1. The van der Waals surface area contributed by atoms with E-state index in [1.807, 2.05) is 47.3 Å². The Morgan fingerprint density at radius 3 is 2.79 bits per heavy atom. The summed E-state index contributed by atoms with van der Waals surface area (Å²) in [5.74, 6) is 1.55. The van der Waals surface area contributed by atoms with Crippen molar-refractivity contribution >= 4 is 22.8 Å². The molecule has 174 valence electrons. The van der Waals surface area contributed by atoms with E-state index in [2.05, 4.69) is 44.3 Å². The van der Waals surface area contributed by atoms with Crippen molar-refractivity contribution in [3.63, 3.8) is 0 Å². The molecule has 0 spiro atoms. The molecule has 1 amide bonds. The predicted molar refractivity (Wildman–Crippen MR) is 131 cm³/mol. The molecule has 1 aliphatic rings. The summed E-state index contributed by atoms with van der Waals surface area (Å²) < 4.78 is 7.23. The number of methoxy groups -OCH3 is 1. The molecule has 4 aromatic rings. The maximum atomic E-state index is 13.0. The van der Waals surface area contributed by atoms with Crippen molar-refractivity contribution in [2.45, 2.75) is 26.3 Å². The second kappa shape index (κ2) is 9.51. The molecule has 1 saturated heterocycles. The summed E-state index contributed by atoms with van der Waals surface area (Å²) in [5, 5.41) is 8.62. The van der Waals surface area contributed by atoms with Gasteiger partial charge in [0.05, 0.1) is 24.1 Å². The molecule has 5 rings (SSSR count). The van der Waals surface area contributed by atoms with Crippen LogP contribution in [0.3, 0.4) is 0 Å². The van der Waals surface area contributed by atoms with Crippen LogP contribution in [-0.2, 0) is 11.3 Å². The molecule has 1 atom stereocenters. The SMILES string of the molecule is COc1ccccc1CNC(=O)[C@H]1CCCN(c2ncnc3nn(-c4ccc(C)cc4)cc23)C1. The summed E-state index contributed by atoms with van der Waals surface area (Å²) in [7, 11) is 1.64. The van der Waals surface area contributed by atoms with Gasteiger partial charge in [0.25, 0.3) is 0 Å². The van der Waals surface area contributed by atoms with E-state index in [1.165, 1.54) is 5.56 Å². The number of carbonyl (C=O) groups excluding carboxylic acids is 1. The number of para-hydroxylation sites is 1. The Morgan fingerprint density at radius 2 is 1.97 bits per heavy atom. The predicted octanol–water partition coefficient (Wildman–Crippen LogP) is 3.67. The van der Waals surface area contributed by atoms with E-state index in [9.17, 15) is 4.79 Å². The fourth-order valence-corrected chi connectivity index (χ4v) is 4.47. The quantitative estimate of drug-likeness (QED) is 0.477. The van der Waals surface area contributed by atoms with Gasteiger partial charge in [-0.25, -0.2) is 14.6 Å². The van der Waals surface area contributed by atoms with Crippen LogP contribution in [0.15, 0.2) is 61.1 Å². The van der Waals surface area contributed by atoms with E-state index >= 15 is 0 Å². The molecule has 1 aliphatic heterocycles. The first kappa shape index (κ1) is 21.9. The molecule has 0 unspecified atom stereocenters. The fourth-order valence-electron chi connectivity index (χ4n) is 4.47. The van der Waals surface area contributed by atoms with Gasteiger partial charge in [-0.1, -0.05) is 35.9 Å². The lowest BCUT2D eigenvalue weighted by Gasteiger charge is -2.33. The molecule has 0 bridgehead atoms. The highest BCUT2D eigenvalue weighted by Crippen LogP contribution is 2.28. The summed E-state index contributed by atoms with van der Waals surface area (Å²) >= 11 is 0. The van der Waals surface area contributed by atoms with Crippen LogP contribution in [0, 0.1) is 12.8 Å². The average molecular weight is 457 g/mol. The minimum Gasteiger partial charge on any atom is -0.496 e. The highest BCUT2D eigenvalue weighted by Gasteiger charge is 2.28. The Hall–Kier alpha value is -3.94. The van der Waals surface area contributed by atoms with Crippen LogP contribution < -0.4 is 15.0 Å². The molecule has 2 aromatic carbocycles. The van der Waals surface area contributed by atoms with Gasteiger partial charge in [-0.3, -0.25) is 4.79 Å². The second-order valence-corrected chi connectivity index (χ2v) is 8.66. The van der Waals surface area contributed by atoms with Gasteiger partial charge in [-0.05, 0) is 38.0 Å². The topological polar surface area (TPSA) is 85.2 Å². The van der Waals surface area contributed by atoms with Crippen LogP contribution in [-0.4, -0.2) is 45.9 Å². The normalized spacial score (nSPS) is 15.9. The highest BCUT2D eigenvalue weighted by atomic mass is 16.5. The number of amides is 1. The molecule has 3 heterocycles. The number of hydrogen-bond donors (Lipinski definition) is 1. The number of hydrogen-bond acceptors (Lipinski definition) is 6. The number of rotatable bonds is 6. The van der Waals surface area contributed by atoms with E-state index < -0.39 is 0 Å². The average Bonchev–Trinajstić information content (AvgIpc) is 3.32. The van der Waals surface area contributed by atoms with Crippen molar-refractivity contribution in [3.8, 4) is 11.4 Å². The van der Waals surface area contributed by atoms with E-state index in [1.54, 1.807) is 13.4 Å². The number of nitrogens with zero attached hydrogens (tertiary/aromatic N) is 5. The third-order valence-corrected chi connectivity index (χ3v) is 6.33. The summed E-state index contributed by atoms with van der Waals surface area (Å²) in [6, 6.07) is 15.9. The minimum absolute atomic E-state index is 0.0521. The molecule has 0 saturated carbocycles. The zero-order valence-electron chi connectivity index (χ0n) is 19.4. The number of fused-ring (bicyclic) bond motifs is 1. The van der Waals surface area contributed by atoms with E-state index in [4.69, 9.17) is 4.74 Å². The number of carbonyl (C=O) groups is 1. The third-order valence-electron chi connectivity index (χ3n) is 6.33. The van der Waals surface area contributed by atoms with Crippen molar-refractivity contribution in [3.05, 3.63) is 72.2 Å². The van der Waals surface area contributed by atoms with Gasteiger partial charge in [0.15, 0.2) is 5.65 Å². The van der Waals surface area contributed by atoms with Crippen molar-refractivity contribution in [2.24, 2.45) is 5.92 Å². The molecular formula is C26H28N6O2. The first-order valence-corrected chi connectivity index (χ1v) is 11.5. The fraction of sp³-hybridized carbons (Fsp3) is 0.308. The molecule has 1 N–H and O–H groups in total. The van der Waals surface area contributed by atoms with Crippen LogP contribution in [0.5, 0.6) is 5.75 Å². The number of piperidine rings is 1. The van der Waals surface area contributed by atoms with E-state index in [0.717, 1.165) is 47.6 Å². The van der Waals surface area contributed by atoms with E-state index in [-0.39, 0.29) is 11.8 Å². The number of nitrogens with one attached hydrogen (secondary N) is 1. The van der Waals surface area contributed by atoms with Gasteiger partial charge >= 0.3 is 0 Å². The minimum atomic E-state index is -0.111. The molecule has 0 aliphatic carbocycles. The van der Waals surface area contributed by atoms with Gasteiger partial charge in [0.2, 0.25) is 5.91 Å². The molecular weight excluding hydrogens is 428 g/mol. The monoisotopic (exact) mass is 456 g/mol. The summed E-state index contributed by atoms with van der Waals surface area (Å²) in [6.45, 7) is 3.96. The Labute approximate surface area is 198 Å². The summed E-state index contributed by atoms with van der Waals surface area (Å²) in [5.41, 5.74) is 3.78. The van der Waals surface area contributed by atoms with Crippen molar-refractivity contribution < 1.29 is 9.53 Å². The van der Waals surface area contributed by atoms with Crippen LogP contribution in [0.1, 0.15) is 24.0 Å². The Balaban J connectivity index is 1.32. The summed E-state index contributed by atoms with van der Waals surface area (Å²) in [4.78, 5) is 24.1. The molecule has 2 aromatic heterocycles. The Morgan fingerprint density at radius 1 is 1.15 bits per heavy atom. The molecule has 34 heavy (non-hydrogen) atoms. The smallest absolute Gasteiger partial charge is 0.225 e. The van der Waals surface area contributed by atoms with Crippen molar-refractivity contribution in [1.82, 2.24) is 25.1 Å². The molecule has 1 fully saturated rings. The first-order valence-electron chi connectivity index (χ1n) is 11.5. The second-order valence-electron chi connectivity index (χ2n) is 8.66. The maximum absolute atomic E-state index is 13.0. The Bertz CT molecular complexity index is 1300. The number of aryl methyl sites for hydroxylation is 1. The number of anilines is 1. The lowest BCUT2D eigenvalue weighted by atomic mass is 9.97. The van der Waals surface area contributed by atoms with Crippen LogP contribution in [0.25, 0.3) is 16.7 Å².